The van der Waals surface area contributed by atoms with Crippen molar-refractivity contribution in [3.63, 3.8) is 0 Å². The quantitative estimate of drug-likeness (QED) is 0.900. The lowest BCUT2D eigenvalue weighted by Gasteiger charge is -2.09. The summed E-state index contributed by atoms with van der Waals surface area (Å²) in [5, 5.41) is 9.18. The predicted octanol–water partition coefficient (Wildman–Crippen LogP) is 2.77. The first-order valence-electron chi connectivity index (χ1n) is 4.64. The first kappa shape index (κ1) is 11.5. The molecular formula is C11H15BrO2. The van der Waals surface area contributed by atoms with Crippen LogP contribution in [0, 0.1) is 0 Å². The van der Waals surface area contributed by atoms with Crippen LogP contribution in [0.25, 0.3) is 0 Å². The monoisotopic (exact) mass is 258 g/mol. The third-order valence-corrected chi connectivity index (χ3v) is 2.57. The number of aliphatic hydroxyl groups excluding tert-OH is 1. The zero-order chi connectivity index (χ0) is 10.6. The molecule has 1 aromatic rings. The Labute approximate surface area is 93.0 Å². The lowest BCUT2D eigenvalue weighted by molar-refractivity contribution is 0.184. The summed E-state index contributed by atoms with van der Waals surface area (Å²) < 4.78 is 6.26. The number of benzene rings is 1. The Kier molecular flexibility index (Phi) is 4.42. The lowest BCUT2D eigenvalue weighted by atomic mass is 10.1. The Bertz CT molecular complexity index is 297. The highest BCUT2D eigenvalue weighted by Crippen LogP contribution is 2.24. The summed E-state index contributed by atoms with van der Waals surface area (Å²) in [5.41, 5.74) is 1.14. The van der Waals surface area contributed by atoms with Crippen molar-refractivity contribution in [1.29, 1.82) is 0 Å². The van der Waals surface area contributed by atoms with Gasteiger partial charge in [-0.2, -0.15) is 0 Å². The molecule has 1 atom stereocenters. The van der Waals surface area contributed by atoms with Crippen LogP contribution >= 0.6 is 15.9 Å². The third-order valence-electron chi connectivity index (χ3n) is 2.08. The fourth-order valence-electron chi connectivity index (χ4n) is 1.29. The van der Waals surface area contributed by atoms with E-state index >= 15 is 0 Å². The van der Waals surface area contributed by atoms with Crippen LogP contribution in [0.2, 0.25) is 0 Å². The summed E-state index contributed by atoms with van der Waals surface area (Å²) in [4.78, 5) is 0. The Morgan fingerprint density at radius 2 is 2.21 bits per heavy atom. The van der Waals surface area contributed by atoms with Crippen molar-refractivity contribution in [2.75, 3.05) is 7.11 Å². The van der Waals surface area contributed by atoms with Crippen molar-refractivity contribution in [2.24, 2.45) is 0 Å². The van der Waals surface area contributed by atoms with E-state index in [1.807, 2.05) is 18.2 Å². The van der Waals surface area contributed by atoms with Gasteiger partial charge in [0.1, 0.15) is 5.75 Å². The molecule has 0 bridgehead atoms. The number of methoxy groups -OCH3 is 1. The summed E-state index contributed by atoms with van der Waals surface area (Å²) in [7, 11) is 1.66. The van der Waals surface area contributed by atoms with E-state index in [9.17, 15) is 5.11 Å². The number of rotatable bonds is 4. The highest BCUT2D eigenvalue weighted by Gasteiger charge is 2.04. The van der Waals surface area contributed by atoms with E-state index < -0.39 is 0 Å². The lowest BCUT2D eigenvalue weighted by Crippen LogP contribution is -2.02. The minimum atomic E-state index is -0.261. The highest BCUT2D eigenvalue weighted by molar-refractivity contribution is 9.10. The van der Waals surface area contributed by atoms with Gasteiger partial charge in [0.15, 0.2) is 0 Å². The molecule has 0 amide bonds. The molecule has 0 aliphatic heterocycles. The maximum Gasteiger partial charge on any atom is 0.123 e. The van der Waals surface area contributed by atoms with Gasteiger partial charge in [-0.25, -0.2) is 0 Å². The van der Waals surface area contributed by atoms with Gasteiger partial charge in [0.05, 0.1) is 13.2 Å². The smallest absolute Gasteiger partial charge is 0.123 e. The molecule has 14 heavy (non-hydrogen) atoms. The summed E-state index contributed by atoms with van der Waals surface area (Å²) in [5.74, 6) is 0.875. The van der Waals surface area contributed by atoms with E-state index in [-0.39, 0.29) is 6.10 Å². The molecule has 1 unspecified atom stereocenters. The average Bonchev–Trinajstić information content (AvgIpc) is 2.15. The van der Waals surface area contributed by atoms with Crippen LogP contribution in [0.3, 0.4) is 0 Å². The summed E-state index contributed by atoms with van der Waals surface area (Å²) >= 11 is 3.39. The molecule has 0 heterocycles. The van der Waals surface area contributed by atoms with Crippen molar-refractivity contribution in [1.82, 2.24) is 0 Å². The number of aryl methyl sites for hydroxylation is 1. The standard InChI is InChI=1S/C11H15BrO2/c1-8(13)3-4-9-5-6-10(12)7-11(9)14-2/h5-8,13H,3-4H2,1-2H3. The molecule has 1 rings (SSSR count). The molecule has 2 nitrogen and oxygen atoms in total. The van der Waals surface area contributed by atoms with Gasteiger partial charge in [0.25, 0.3) is 0 Å². The van der Waals surface area contributed by atoms with E-state index in [4.69, 9.17) is 4.74 Å². The Balaban J connectivity index is 2.75. The van der Waals surface area contributed by atoms with Crippen molar-refractivity contribution in [3.8, 4) is 5.75 Å². The summed E-state index contributed by atoms with van der Waals surface area (Å²) in [6.07, 6.45) is 1.34. The normalized spacial score (nSPS) is 12.6. The molecule has 0 fully saturated rings. The van der Waals surface area contributed by atoms with Crippen LogP contribution in [0.5, 0.6) is 5.75 Å². The Hall–Kier alpha value is -0.540. The molecule has 0 radical (unpaired) electrons. The minimum absolute atomic E-state index is 0.261. The molecule has 0 aliphatic rings. The number of hydrogen-bond acceptors (Lipinski definition) is 2. The van der Waals surface area contributed by atoms with Crippen molar-refractivity contribution in [3.05, 3.63) is 28.2 Å². The van der Waals surface area contributed by atoms with Gasteiger partial charge in [-0.15, -0.1) is 0 Å². The average molecular weight is 259 g/mol. The van der Waals surface area contributed by atoms with Gasteiger partial charge < -0.3 is 9.84 Å². The van der Waals surface area contributed by atoms with Crippen LogP contribution in [0.4, 0.5) is 0 Å². The molecule has 0 saturated heterocycles. The van der Waals surface area contributed by atoms with E-state index in [1.165, 1.54) is 0 Å². The summed E-state index contributed by atoms with van der Waals surface area (Å²) in [6, 6.07) is 5.95. The van der Waals surface area contributed by atoms with Crippen molar-refractivity contribution in [2.45, 2.75) is 25.9 Å². The number of hydrogen-bond donors (Lipinski definition) is 1. The van der Waals surface area contributed by atoms with E-state index in [0.717, 1.165) is 28.6 Å². The van der Waals surface area contributed by atoms with E-state index in [1.54, 1.807) is 14.0 Å². The molecule has 0 aliphatic carbocycles. The van der Waals surface area contributed by atoms with Gasteiger partial charge in [0.2, 0.25) is 0 Å². The van der Waals surface area contributed by atoms with Gasteiger partial charge >= 0.3 is 0 Å². The highest BCUT2D eigenvalue weighted by atomic mass is 79.9. The second-order valence-electron chi connectivity index (χ2n) is 3.34. The third kappa shape index (κ3) is 3.31. The van der Waals surface area contributed by atoms with Crippen LogP contribution in [0.15, 0.2) is 22.7 Å². The van der Waals surface area contributed by atoms with Crippen LogP contribution in [-0.4, -0.2) is 18.3 Å². The molecule has 0 saturated carbocycles. The van der Waals surface area contributed by atoms with Crippen LogP contribution in [0.1, 0.15) is 18.9 Å². The van der Waals surface area contributed by atoms with Crippen molar-refractivity contribution < 1.29 is 9.84 Å². The Morgan fingerprint density at radius 3 is 2.79 bits per heavy atom. The molecule has 78 valence electrons. The topological polar surface area (TPSA) is 29.5 Å². The first-order chi connectivity index (χ1) is 6.63. The van der Waals surface area contributed by atoms with Gasteiger partial charge in [-0.1, -0.05) is 22.0 Å². The second kappa shape index (κ2) is 5.37. The van der Waals surface area contributed by atoms with E-state index in [2.05, 4.69) is 15.9 Å². The maximum absolute atomic E-state index is 9.18. The molecule has 1 aromatic carbocycles. The van der Waals surface area contributed by atoms with Gasteiger partial charge in [0, 0.05) is 4.47 Å². The van der Waals surface area contributed by atoms with Gasteiger partial charge in [-0.3, -0.25) is 0 Å². The van der Waals surface area contributed by atoms with Crippen LogP contribution < -0.4 is 4.74 Å². The largest absolute Gasteiger partial charge is 0.496 e. The maximum atomic E-state index is 9.18. The fraction of sp³-hybridized carbons (Fsp3) is 0.455. The molecule has 0 aromatic heterocycles. The second-order valence-corrected chi connectivity index (χ2v) is 4.26. The summed E-state index contributed by atoms with van der Waals surface area (Å²) in [6.45, 7) is 1.80. The first-order valence-corrected chi connectivity index (χ1v) is 5.43. The molecular weight excluding hydrogens is 244 g/mol. The minimum Gasteiger partial charge on any atom is -0.496 e. The predicted molar refractivity (Wildman–Crippen MR) is 60.7 cm³/mol. The molecule has 1 N–H and O–H groups in total. The van der Waals surface area contributed by atoms with Crippen molar-refractivity contribution >= 4 is 15.9 Å². The zero-order valence-electron chi connectivity index (χ0n) is 8.46. The zero-order valence-corrected chi connectivity index (χ0v) is 10.0. The number of ether oxygens (including phenoxy) is 1. The molecule has 3 heteroatoms. The molecule has 0 spiro atoms. The van der Waals surface area contributed by atoms with Gasteiger partial charge in [-0.05, 0) is 37.5 Å². The number of aliphatic hydroxyl groups is 1. The fourth-order valence-corrected chi connectivity index (χ4v) is 1.63. The van der Waals surface area contributed by atoms with Crippen LogP contribution in [-0.2, 0) is 6.42 Å². The SMILES string of the molecule is COc1cc(Br)ccc1CCC(C)O. The number of halogens is 1. The van der Waals surface area contributed by atoms with E-state index in [0.29, 0.717) is 0 Å². The Morgan fingerprint density at radius 1 is 1.50 bits per heavy atom.